The molecule has 3 atom stereocenters. The molecule has 0 aliphatic carbocycles. The number of pyridine rings is 1. The summed E-state index contributed by atoms with van der Waals surface area (Å²) < 4.78 is 17.2. The van der Waals surface area contributed by atoms with Gasteiger partial charge in [-0.15, -0.1) is 0 Å². The van der Waals surface area contributed by atoms with Crippen LogP contribution >= 0.6 is 0 Å². The summed E-state index contributed by atoms with van der Waals surface area (Å²) in [4.78, 5) is 44.3. The van der Waals surface area contributed by atoms with Crippen molar-refractivity contribution in [3.8, 4) is 23.1 Å². The molecule has 2 aromatic carbocycles. The third-order valence-electron chi connectivity index (χ3n) is 7.79. The van der Waals surface area contributed by atoms with E-state index in [1.807, 2.05) is 30.3 Å². The average molecular weight is 587 g/mol. The second-order valence-electron chi connectivity index (χ2n) is 11.3. The smallest absolute Gasteiger partial charge is 0.407 e. The molecule has 11 nitrogen and oxygen atoms in total. The van der Waals surface area contributed by atoms with E-state index in [9.17, 15) is 19.5 Å². The first-order valence-corrected chi connectivity index (χ1v) is 13.9. The first kappa shape index (κ1) is 29.4. The standard InChI is InChI=1S/C32H34N4O7/c1-4-28(37)43-32(2,3)15-27-26-19-35(17-20(26)18-36(27)31(39)40)21-14-25(29(33)38)30(34-16-21)42-24-12-10-23(11-13-24)41-22-8-6-5-7-9-22/h4-14,16,20,26-27H,1,15,17-19H2,2-3H3,(H2,33,38)(H,39,40). The molecule has 43 heavy (non-hydrogen) atoms. The van der Waals surface area contributed by atoms with Gasteiger partial charge in [0.1, 0.15) is 28.4 Å². The zero-order chi connectivity index (χ0) is 30.7. The molecular formula is C32H34N4O7. The Kier molecular flexibility index (Phi) is 8.24. The zero-order valence-corrected chi connectivity index (χ0v) is 24.0. The monoisotopic (exact) mass is 586 g/mol. The van der Waals surface area contributed by atoms with E-state index in [4.69, 9.17) is 19.9 Å². The quantitative estimate of drug-likeness (QED) is 0.245. The highest BCUT2D eigenvalue weighted by Gasteiger charge is 2.50. The molecule has 3 unspecified atom stereocenters. The van der Waals surface area contributed by atoms with E-state index in [0.29, 0.717) is 49.0 Å². The number of nitrogens with zero attached hydrogens (tertiary/aromatic N) is 3. The fourth-order valence-corrected chi connectivity index (χ4v) is 5.88. The summed E-state index contributed by atoms with van der Waals surface area (Å²) in [7, 11) is 0. The number of rotatable bonds is 10. The molecule has 2 saturated heterocycles. The molecule has 5 rings (SSSR count). The van der Waals surface area contributed by atoms with Crippen molar-refractivity contribution in [1.29, 1.82) is 0 Å². The Hall–Kier alpha value is -5.06. The third-order valence-corrected chi connectivity index (χ3v) is 7.79. The van der Waals surface area contributed by atoms with Gasteiger partial charge < -0.3 is 34.9 Å². The van der Waals surface area contributed by atoms with Gasteiger partial charge in [0.05, 0.1) is 11.9 Å². The van der Waals surface area contributed by atoms with Crippen LogP contribution in [0.4, 0.5) is 10.5 Å². The Morgan fingerprint density at radius 2 is 1.67 bits per heavy atom. The van der Waals surface area contributed by atoms with Crippen LogP contribution in [-0.4, -0.2) is 64.2 Å². The minimum Gasteiger partial charge on any atom is -0.465 e. The molecule has 3 N–H and O–H groups in total. The lowest BCUT2D eigenvalue weighted by Crippen LogP contribution is -2.44. The van der Waals surface area contributed by atoms with E-state index in [1.54, 1.807) is 50.4 Å². The van der Waals surface area contributed by atoms with Crippen LogP contribution < -0.4 is 20.1 Å². The number of nitrogens with two attached hydrogens (primary N) is 1. The molecule has 0 radical (unpaired) electrons. The van der Waals surface area contributed by atoms with Crippen LogP contribution in [0.1, 0.15) is 30.6 Å². The number of aromatic nitrogens is 1. The minimum atomic E-state index is -1.00. The number of ether oxygens (including phenoxy) is 3. The number of anilines is 1. The number of benzene rings is 2. The van der Waals surface area contributed by atoms with E-state index < -0.39 is 23.6 Å². The van der Waals surface area contributed by atoms with E-state index >= 15 is 0 Å². The van der Waals surface area contributed by atoms with Gasteiger partial charge in [0.2, 0.25) is 5.88 Å². The van der Waals surface area contributed by atoms with Gasteiger partial charge in [-0.2, -0.15) is 0 Å². The fourth-order valence-electron chi connectivity index (χ4n) is 5.88. The maximum absolute atomic E-state index is 12.4. The number of carbonyl (C=O) groups excluding carboxylic acids is 2. The van der Waals surface area contributed by atoms with Crippen molar-refractivity contribution >= 4 is 23.7 Å². The number of amides is 2. The van der Waals surface area contributed by atoms with Crippen LogP contribution in [0.15, 0.2) is 79.5 Å². The van der Waals surface area contributed by atoms with Crippen molar-refractivity contribution in [2.75, 3.05) is 24.5 Å². The van der Waals surface area contributed by atoms with Gasteiger partial charge in [-0.05, 0) is 56.3 Å². The molecule has 224 valence electrons. The highest BCUT2D eigenvalue weighted by Crippen LogP contribution is 2.42. The SMILES string of the molecule is C=CC(=O)OC(C)(C)CC1C2CN(c3cnc(Oc4ccc(Oc5ccccc5)cc4)c(C(N)=O)c3)CC2CN1C(=O)O. The van der Waals surface area contributed by atoms with Gasteiger partial charge in [-0.25, -0.2) is 14.6 Å². The molecule has 2 amide bonds. The number of hydrogen-bond acceptors (Lipinski definition) is 8. The summed E-state index contributed by atoms with van der Waals surface area (Å²) >= 11 is 0. The largest absolute Gasteiger partial charge is 0.465 e. The van der Waals surface area contributed by atoms with Crippen LogP contribution in [0.3, 0.4) is 0 Å². The van der Waals surface area contributed by atoms with Gasteiger partial charge in [0, 0.05) is 50.0 Å². The summed E-state index contributed by atoms with van der Waals surface area (Å²) in [5.41, 5.74) is 5.63. The molecule has 3 heterocycles. The average Bonchev–Trinajstić information content (AvgIpc) is 3.53. The minimum absolute atomic E-state index is 0.0117. The molecule has 2 aliphatic rings. The topological polar surface area (TPSA) is 145 Å². The number of hydrogen-bond donors (Lipinski definition) is 2. The van der Waals surface area contributed by atoms with E-state index in [-0.39, 0.29) is 29.3 Å². The summed E-state index contributed by atoms with van der Waals surface area (Å²) in [6, 6.07) is 17.6. The summed E-state index contributed by atoms with van der Waals surface area (Å²) in [6.07, 6.45) is 2.05. The summed E-state index contributed by atoms with van der Waals surface area (Å²) in [5, 5.41) is 9.88. The highest BCUT2D eigenvalue weighted by molar-refractivity contribution is 5.96. The summed E-state index contributed by atoms with van der Waals surface area (Å²) in [6.45, 7) is 8.43. The molecule has 0 spiro atoms. The molecular weight excluding hydrogens is 552 g/mol. The molecule has 11 heteroatoms. The Bertz CT molecular complexity index is 1510. The van der Waals surface area contributed by atoms with Crippen molar-refractivity contribution in [2.24, 2.45) is 17.6 Å². The Morgan fingerprint density at radius 3 is 2.30 bits per heavy atom. The molecule has 2 aliphatic heterocycles. The molecule has 1 aromatic heterocycles. The van der Waals surface area contributed by atoms with Gasteiger partial charge >= 0.3 is 12.1 Å². The van der Waals surface area contributed by atoms with E-state index in [2.05, 4.69) is 16.5 Å². The predicted octanol–water partition coefficient (Wildman–Crippen LogP) is 5.08. The molecule has 3 aromatic rings. The predicted molar refractivity (Wildman–Crippen MR) is 158 cm³/mol. The van der Waals surface area contributed by atoms with Gasteiger partial charge in [-0.3, -0.25) is 4.79 Å². The van der Waals surface area contributed by atoms with Gasteiger partial charge in [0.15, 0.2) is 0 Å². The Morgan fingerprint density at radius 1 is 1.02 bits per heavy atom. The number of para-hydroxylation sites is 1. The second-order valence-corrected chi connectivity index (χ2v) is 11.3. The van der Waals surface area contributed by atoms with Crippen LogP contribution in [0.5, 0.6) is 23.1 Å². The lowest BCUT2D eigenvalue weighted by Gasteiger charge is -2.34. The van der Waals surface area contributed by atoms with E-state index in [1.165, 1.54) is 4.90 Å². The molecule has 0 bridgehead atoms. The van der Waals surface area contributed by atoms with Crippen molar-refractivity contribution in [3.05, 3.63) is 85.1 Å². The van der Waals surface area contributed by atoms with E-state index in [0.717, 1.165) is 6.08 Å². The number of carboxylic acid groups (broad SMARTS) is 1. The lowest BCUT2D eigenvalue weighted by molar-refractivity contribution is -0.151. The maximum Gasteiger partial charge on any atom is 0.407 e. The lowest BCUT2D eigenvalue weighted by atomic mass is 9.87. The van der Waals surface area contributed by atoms with Gasteiger partial charge in [-0.1, -0.05) is 24.8 Å². The van der Waals surface area contributed by atoms with Crippen molar-refractivity contribution in [1.82, 2.24) is 9.88 Å². The van der Waals surface area contributed by atoms with Crippen LogP contribution in [0, 0.1) is 11.8 Å². The van der Waals surface area contributed by atoms with Crippen LogP contribution in [-0.2, 0) is 9.53 Å². The number of likely N-dealkylation sites (tertiary alicyclic amines) is 1. The zero-order valence-electron chi connectivity index (χ0n) is 24.0. The fraction of sp³-hybridized carbons (Fsp3) is 0.312. The number of primary amides is 1. The Labute approximate surface area is 249 Å². The Balaban J connectivity index is 1.30. The highest BCUT2D eigenvalue weighted by atomic mass is 16.6. The first-order chi connectivity index (χ1) is 20.5. The maximum atomic E-state index is 12.4. The van der Waals surface area contributed by atoms with Crippen LogP contribution in [0.25, 0.3) is 0 Å². The van der Waals surface area contributed by atoms with Gasteiger partial charge in [0.25, 0.3) is 5.91 Å². The third kappa shape index (κ3) is 6.72. The number of carbonyl (C=O) groups is 3. The normalized spacial score (nSPS) is 19.4. The van der Waals surface area contributed by atoms with Crippen molar-refractivity contribution in [2.45, 2.75) is 31.9 Å². The van der Waals surface area contributed by atoms with Crippen molar-refractivity contribution < 1.29 is 33.7 Å². The van der Waals surface area contributed by atoms with Crippen LogP contribution in [0.2, 0.25) is 0 Å². The number of fused-ring (bicyclic) bond motifs is 1. The first-order valence-electron chi connectivity index (χ1n) is 13.9. The van der Waals surface area contributed by atoms with Crippen molar-refractivity contribution in [3.63, 3.8) is 0 Å². The summed E-state index contributed by atoms with van der Waals surface area (Å²) in [5.74, 6) is 0.657. The molecule has 2 fully saturated rings. The molecule has 0 saturated carbocycles. The second kappa shape index (κ2) is 12.0. The number of esters is 1.